The number of methoxy groups -OCH3 is 1. The first-order valence-electron chi connectivity index (χ1n) is 10.6. The van der Waals surface area contributed by atoms with Crippen LogP contribution < -0.4 is 10.2 Å². The molecule has 4 aromatic rings. The lowest BCUT2D eigenvalue weighted by Gasteiger charge is -2.17. The summed E-state index contributed by atoms with van der Waals surface area (Å²) in [6.07, 6.45) is 0. The van der Waals surface area contributed by atoms with E-state index in [0.29, 0.717) is 34.4 Å². The van der Waals surface area contributed by atoms with Crippen LogP contribution in [0.1, 0.15) is 42.8 Å². The maximum absolute atomic E-state index is 13.5. The third-order valence-corrected chi connectivity index (χ3v) is 6.57. The van der Waals surface area contributed by atoms with E-state index in [2.05, 4.69) is 15.3 Å². The number of fused-ring (bicyclic) bond motifs is 4. The molecule has 174 valence electrons. The van der Waals surface area contributed by atoms with E-state index in [4.69, 9.17) is 16.3 Å². The zero-order valence-corrected chi connectivity index (χ0v) is 19.1. The molecule has 2 aromatic carbocycles. The number of hydrogen-bond donors (Lipinski definition) is 4. The molecule has 9 nitrogen and oxygen atoms in total. The maximum Gasteiger partial charge on any atom is 0.354 e. The van der Waals surface area contributed by atoms with Crippen molar-refractivity contribution in [2.75, 3.05) is 31.5 Å². The third kappa shape index (κ3) is 3.28. The number of halogens is 1. The average Bonchev–Trinajstić information content (AvgIpc) is 3.56. The molecule has 1 aliphatic heterocycles. The van der Waals surface area contributed by atoms with Crippen molar-refractivity contribution in [2.45, 2.75) is 5.92 Å². The summed E-state index contributed by atoms with van der Waals surface area (Å²) in [6.45, 7) is 0.313. The van der Waals surface area contributed by atoms with E-state index < -0.39 is 5.97 Å². The van der Waals surface area contributed by atoms with Crippen LogP contribution in [-0.4, -0.2) is 59.4 Å². The van der Waals surface area contributed by atoms with E-state index >= 15 is 0 Å². The minimum Gasteiger partial charge on any atom is -0.506 e. The van der Waals surface area contributed by atoms with Gasteiger partial charge < -0.3 is 30.0 Å². The van der Waals surface area contributed by atoms with Crippen molar-refractivity contribution < 1.29 is 24.2 Å². The fraction of sp³-hybridized carbons (Fsp3) is 0.208. The van der Waals surface area contributed by atoms with Gasteiger partial charge in [-0.2, -0.15) is 0 Å². The molecule has 5 rings (SSSR count). The van der Waals surface area contributed by atoms with Gasteiger partial charge >= 0.3 is 5.97 Å². The molecule has 2 aromatic heterocycles. The van der Waals surface area contributed by atoms with Crippen molar-refractivity contribution in [3.8, 4) is 5.75 Å². The first kappa shape index (κ1) is 21.8. The van der Waals surface area contributed by atoms with Gasteiger partial charge in [0.25, 0.3) is 11.8 Å². The molecule has 0 aliphatic carbocycles. The number of carbonyl (C=O) groups excluding carboxylic acids is 3. The molecule has 0 radical (unpaired) electrons. The molecule has 0 spiro atoms. The molecule has 10 heteroatoms. The van der Waals surface area contributed by atoms with Gasteiger partial charge in [-0.25, -0.2) is 4.79 Å². The Morgan fingerprint density at radius 3 is 2.68 bits per heavy atom. The van der Waals surface area contributed by atoms with Crippen molar-refractivity contribution in [1.29, 1.82) is 0 Å². The van der Waals surface area contributed by atoms with Gasteiger partial charge in [0.1, 0.15) is 17.1 Å². The standard InChI is InChI=1S/C24H21ClN4O5/c1-26-22(31)11-3-4-15-12(5-11)6-16(27-15)23(32)29-10-13(9-25)20-14-7-17(24(33)34-2)28-21(14)19(30)8-18(20)29/h3-8,13,27-28,30H,9-10H2,1-2H3,(H,26,31)/t13-/m1/s1. The predicted octanol–water partition coefficient (Wildman–Crippen LogP) is 3.48. The van der Waals surface area contributed by atoms with E-state index in [9.17, 15) is 19.5 Å². The minimum atomic E-state index is -0.563. The Hall–Kier alpha value is -3.98. The highest BCUT2D eigenvalue weighted by Crippen LogP contribution is 2.46. The highest BCUT2D eigenvalue weighted by atomic mass is 35.5. The number of amides is 2. The van der Waals surface area contributed by atoms with Crippen LogP contribution in [0.15, 0.2) is 36.4 Å². The summed E-state index contributed by atoms with van der Waals surface area (Å²) in [4.78, 5) is 45.1. The first-order valence-corrected chi connectivity index (χ1v) is 11.1. The number of aromatic hydroxyl groups is 1. The molecule has 2 amide bonds. The van der Waals surface area contributed by atoms with Crippen molar-refractivity contribution in [1.82, 2.24) is 15.3 Å². The van der Waals surface area contributed by atoms with Crippen LogP contribution in [0.2, 0.25) is 0 Å². The number of anilines is 1. The van der Waals surface area contributed by atoms with Crippen LogP contribution in [0.4, 0.5) is 5.69 Å². The molecule has 34 heavy (non-hydrogen) atoms. The number of phenols is 1. The van der Waals surface area contributed by atoms with E-state index in [1.54, 1.807) is 42.3 Å². The lowest BCUT2D eigenvalue weighted by Crippen LogP contribution is -2.30. The number of phenolic OH excluding ortho intramolecular Hbond substituents is 1. The van der Waals surface area contributed by atoms with E-state index in [1.165, 1.54) is 13.2 Å². The third-order valence-electron chi connectivity index (χ3n) is 6.19. The fourth-order valence-electron chi connectivity index (χ4n) is 4.57. The summed E-state index contributed by atoms with van der Waals surface area (Å²) in [5, 5.41) is 14.6. The van der Waals surface area contributed by atoms with Crippen molar-refractivity contribution in [3.05, 3.63) is 58.9 Å². The van der Waals surface area contributed by atoms with Gasteiger partial charge in [-0.1, -0.05) is 0 Å². The zero-order valence-electron chi connectivity index (χ0n) is 18.4. The number of H-pyrrole nitrogens is 2. The number of esters is 1. The van der Waals surface area contributed by atoms with E-state index in [-0.39, 0.29) is 35.1 Å². The molecule has 1 aliphatic rings. The normalized spacial score (nSPS) is 15.0. The van der Waals surface area contributed by atoms with Gasteiger partial charge in [-0.15, -0.1) is 11.6 Å². The van der Waals surface area contributed by atoms with Crippen LogP contribution in [0, 0.1) is 0 Å². The second kappa shape index (κ2) is 8.11. The van der Waals surface area contributed by atoms with Crippen molar-refractivity contribution >= 4 is 56.9 Å². The van der Waals surface area contributed by atoms with Gasteiger partial charge in [-0.3, -0.25) is 9.59 Å². The number of hydrogen-bond acceptors (Lipinski definition) is 5. The van der Waals surface area contributed by atoms with Gasteiger partial charge in [0.15, 0.2) is 0 Å². The largest absolute Gasteiger partial charge is 0.506 e. The average molecular weight is 481 g/mol. The molecule has 1 atom stereocenters. The van der Waals surface area contributed by atoms with Crippen molar-refractivity contribution in [2.24, 2.45) is 0 Å². The highest BCUT2D eigenvalue weighted by Gasteiger charge is 2.36. The zero-order chi connectivity index (χ0) is 24.1. The van der Waals surface area contributed by atoms with Crippen LogP contribution in [-0.2, 0) is 4.74 Å². The molecule has 0 saturated heterocycles. The second-order valence-electron chi connectivity index (χ2n) is 8.12. The maximum atomic E-state index is 13.5. The molecule has 0 unspecified atom stereocenters. The van der Waals surface area contributed by atoms with Crippen LogP contribution in [0.25, 0.3) is 21.8 Å². The van der Waals surface area contributed by atoms with Gasteiger partial charge in [0, 0.05) is 53.3 Å². The lowest BCUT2D eigenvalue weighted by molar-refractivity contribution is 0.0595. The number of nitrogens with one attached hydrogen (secondary N) is 3. The highest BCUT2D eigenvalue weighted by molar-refractivity contribution is 6.19. The smallest absolute Gasteiger partial charge is 0.354 e. The summed E-state index contributed by atoms with van der Waals surface area (Å²) in [5.74, 6) is -1.12. The minimum absolute atomic E-state index is 0.0937. The Balaban J connectivity index is 1.58. The number of aromatic nitrogens is 2. The summed E-state index contributed by atoms with van der Waals surface area (Å²) in [6, 6.07) is 9.95. The number of benzene rings is 2. The Bertz CT molecular complexity index is 1490. The van der Waals surface area contributed by atoms with Gasteiger partial charge in [-0.05, 0) is 35.9 Å². The topological polar surface area (TPSA) is 128 Å². The van der Waals surface area contributed by atoms with Crippen molar-refractivity contribution in [3.63, 3.8) is 0 Å². The number of carbonyl (C=O) groups is 3. The SMILES string of the molecule is CNC(=O)c1ccc2[nH]c(C(=O)N3C[C@@H](CCl)c4c3cc(O)c3[nH]c(C(=O)OC)cc43)cc2c1. The fourth-order valence-corrected chi connectivity index (χ4v) is 4.82. The van der Waals surface area contributed by atoms with Gasteiger partial charge in [0.05, 0.1) is 18.3 Å². The predicted molar refractivity (Wildman–Crippen MR) is 128 cm³/mol. The van der Waals surface area contributed by atoms with Crippen LogP contribution in [0.3, 0.4) is 0 Å². The van der Waals surface area contributed by atoms with Gasteiger partial charge in [0.2, 0.25) is 0 Å². The molecule has 4 N–H and O–H groups in total. The van der Waals surface area contributed by atoms with E-state index in [1.807, 2.05) is 0 Å². The molecule has 3 heterocycles. The number of aromatic amines is 2. The summed E-state index contributed by atoms with van der Waals surface area (Å²) in [5.41, 5.74) is 3.44. The Morgan fingerprint density at radius 2 is 1.97 bits per heavy atom. The summed E-state index contributed by atoms with van der Waals surface area (Å²) < 4.78 is 4.78. The molecule has 0 saturated carbocycles. The quantitative estimate of drug-likeness (QED) is 0.262. The molecule has 0 bridgehead atoms. The lowest BCUT2D eigenvalue weighted by atomic mass is 9.98. The molecular formula is C24H21ClN4O5. The number of ether oxygens (including phenoxy) is 1. The second-order valence-corrected chi connectivity index (χ2v) is 8.43. The Kier molecular flexibility index (Phi) is 5.21. The number of alkyl halides is 1. The number of rotatable bonds is 4. The summed E-state index contributed by atoms with van der Waals surface area (Å²) >= 11 is 6.27. The first-order chi connectivity index (χ1) is 16.4. The molecular weight excluding hydrogens is 460 g/mol. The molecule has 0 fully saturated rings. The number of nitrogens with zero attached hydrogens (tertiary/aromatic N) is 1. The Labute approximate surface area is 198 Å². The van der Waals surface area contributed by atoms with E-state index in [0.717, 1.165) is 16.5 Å². The van der Waals surface area contributed by atoms with Crippen LogP contribution in [0.5, 0.6) is 5.75 Å². The van der Waals surface area contributed by atoms with Crippen LogP contribution >= 0.6 is 11.6 Å². The monoisotopic (exact) mass is 480 g/mol. The summed E-state index contributed by atoms with van der Waals surface area (Å²) in [7, 11) is 2.83. The Morgan fingerprint density at radius 1 is 1.18 bits per heavy atom.